The number of nitrogens with one attached hydrogen (secondary N) is 1. The Bertz CT molecular complexity index is 1040. The number of hydrogen-bond donors (Lipinski definition) is 1. The van der Waals surface area contributed by atoms with Crippen molar-refractivity contribution >= 4 is 15.7 Å². The Morgan fingerprint density at radius 1 is 1.04 bits per heavy atom. The summed E-state index contributed by atoms with van der Waals surface area (Å²) in [5, 5.41) is 8.78. The molecular weight excluding hydrogens is 338 g/mol. The Hall–Kier alpha value is -3.11. The van der Waals surface area contributed by atoms with Gasteiger partial charge < -0.3 is 4.42 Å². The third-order valence-corrected chi connectivity index (χ3v) is 5.00. The van der Waals surface area contributed by atoms with Crippen molar-refractivity contribution < 1.29 is 12.8 Å². The van der Waals surface area contributed by atoms with E-state index in [1.54, 1.807) is 43.3 Å². The second-order valence-corrected chi connectivity index (χ2v) is 7.14. The van der Waals surface area contributed by atoms with E-state index in [-0.39, 0.29) is 4.90 Å². The molecule has 3 rings (SSSR count). The molecule has 7 heteroatoms. The number of aromatic nitrogens is 1. The number of aryl methyl sites for hydroxylation is 2. The number of rotatable bonds is 4. The van der Waals surface area contributed by atoms with Gasteiger partial charge in [0.2, 0.25) is 0 Å². The van der Waals surface area contributed by atoms with Gasteiger partial charge in [0.15, 0.2) is 5.89 Å². The molecule has 1 heterocycles. The highest BCUT2D eigenvalue weighted by Gasteiger charge is 2.16. The van der Waals surface area contributed by atoms with Crippen LogP contribution in [0, 0.1) is 25.2 Å². The summed E-state index contributed by atoms with van der Waals surface area (Å²) < 4.78 is 32.8. The summed E-state index contributed by atoms with van der Waals surface area (Å²) in [6.07, 6.45) is 0. The molecule has 2 aromatic carbocycles. The predicted octanol–water partition coefficient (Wildman–Crippen LogP) is 3.63. The van der Waals surface area contributed by atoms with Gasteiger partial charge in [0.05, 0.1) is 16.5 Å². The Morgan fingerprint density at radius 3 is 2.20 bits per heavy atom. The van der Waals surface area contributed by atoms with Gasteiger partial charge >= 0.3 is 0 Å². The molecule has 0 unspecified atom stereocenters. The molecule has 1 aromatic heterocycles. The summed E-state index contributed by atoms with van der Waals surface area (Å²) in [7, 11) is -3.71. The van der Waals surface area contributed by atoms with E-state index in [0.29, 0.717) is 28.6 Å². The van der Waals surface area contributed by atoms with Crippen molar-refractivity contribution in [3.8, 4) is 17.3 Å². The van der Waals surface area contributed by atoms with Crippen molar-refractivity contribution in [3.05, 3.63) is 65.7 Å². The second-order valence-electron chi connectivity index (χ2n) is 5.46. The Balaban J connectivity index is 1.85. The van der Waals surface area contributed by atoms with Crippen LogP contribution in [0.25, 0.3) is 11.3 Å². The quantitative estimate of drug-likeness (QED) is 0.772. The molecule has 0 amide bonds. The third-order valence-electron chi connectivity index (χ3n) is 3.61. The average molecular weight is 353 g/mol. The number of nitriles is 1. The minimum absolute atomic E-state index is 0.137. The van der Waals surface area contributed by atoms with Crippen LogP contribution in [-0.2, 0) is 10.0 Å². The van der Waals surface area contributed by atoms with Crippen LogP contribution in [0.4, 0.5) is 5.69 Å². The van der Waals surface area contributed by atoms with E-state index in [4.69, 9.17) is 9.68 Å². The minimum Gasteiger partial charge on any atom is -0.446 e. The van der Waals surface area contributed by atoms with Gasteiger partial charge in [-0.05, 0) is 43.3 Å². The summed E-state index contributed by atoms with van der Waals surface area (Å²) in [4.78, 5) is 4.44. The summed E-state index contributed by atoms with van der Waals surface area (Å²) in [6, 6.07) is 14.6. The summed E-state index contributed by atoms with van der Waals surface area (Å²) >= 11 is 0. The highest BCUT2D eigenvalue weighted by Crippen LogP contribution is 2.25. The molecule has 0 saturated heterocycles. The van der Waals surface area contributed by atoms with Gasteiger partial charge in [-0.3, -0.25) is 4.72 Å². The molecule has 6 nitrogen and oxygen atoms in total. The first-order valence-corrected chi connectivity index (χ1v) is 8.95. The average Bonchev–Trinajstić information content (AvgIpc) is 2.94. The van der Waals surface area contributed by atoms with Crippen LogP contribution in [0.2, 0.25) is 0 Å². The first-order chi connectivity index (χ1) is 11.9. The van der Waals surface area contributed by atoms with Crippen LogP contribution in [0.1, 0.15) is 17.2 Å². The van der Waals surface area contributed by atoms with Gasteiger partial charge in [-0.1, -0.05) is 12.1 Å². The Labute approximate surface area is 145 Å². The maximum absolute atomic E-state index is 12.5. The standard InChI is InChI=1S/C18H15N3O3S/c1-12-18(20-13(2)24-12)15-5-9-17(10-6-15)25(22,23)21-16-7-3-14(11-19)4-8-16/h3-10,21H,1-2H3. The lowest BCUT2D eigenvalue weighted by atomic mass is 10.1. The molecule has 0 spiro atoms. The number of nitrogens with zero attached hydrogens (tertiary/aromatic N) is 2. The predicted molar refractivity (Wildman–Crippen MR) is 93.4 cm³/mol. The van der Waals surface area contributed by atoms with Crippen LogP contribution in [0.3, 0.4) is 0 Å². The van der Waals surface area contributed by atoms with Crippen LogP contribution < -0.4 is 4.72 Å². The zero-order valence-corrected chi connectivity index (χ0v) is 14.5. The van der Waals surface area contributed by atoms with E-state index >= 15 is 0 Å². The van der Waals surface area contributed by atoms with Crippen LogP contribution >= 0.6 is 0 Å². The lowest BCUT2D eigenvalue weighted by Gasteiger charge is -2.08. The fourth-order valence-electron chi connectivity index (χ4n) is 2.42. The SMILES string of the molecule is Cc1nc(-c2ccc(S(=O)(=O)Nc3ccc(C#N)cc3)cc2)c(C)o1. The van der Waals surface area contributed by atoms with Crippen LogP contribution in [-0.4, -0.2) is 13.4 Å². The molecule has 0 aliphatic carbocycles. The van der Waals surface area contributed by atoms with Crippen molar-refractivity contribution in [3.63, 3.8) is 0 Å². The summed E-state index contributed by atoms with van der Waals surface area (Å²) in [5.74, 6) is 1.25. The van der Waals surface area contributed by atoms with Gasteiger partial charge in [-0.2, -0.15) is 5.26 Å². The first-order valence-electron chi connectivity index (χ1n) is 7.46. The molecule has 0 aliphatic rings. The van der Waals surface area contributed by atoms with E-state index in [9.17, 15) is 8.42 Å². The number of oxazole rings is 1. The molecule has 0 bridgehead atoms. The van der Waals surface area contributed by atoms with Crippen LogP contribution in [0.5, 0.6) is 0 Å². The molecule has 0 radical (unpaired) electrons. The van der Waals surface area contributed by atoms with Crippen molar-refractivity contribution in [2.75, 3.05) is 4.72 Å². The van der Waals surface area contributed by atoms with Crippen molar-refractivity contribution in [1.82, 2.24) is 4.98 Å². The first kappa shape index (κ1) is 16.7. The van der Waals surface area contributed by atoms with Gasteiger partial charge in [-0.15, -0.1) is 0 Å². The third kappa shape index (κ3) is 3.54. The fourth-order valence-corrected chi connectivity index (χ4v) is 3.47. The number of anilines is 1. The summed E-state index contributed by atoms with van der Waals surface area (Å²) in [5.41, 5.74) is 2.34. The second kappa shape index (κ2) is 6.42. The van der Waals surface area contributed by atoms with Crippen molar-refractivity contribution in [1.29, 1.82) is 5.26 Å². The van der Waals surface area contributed by atoms with Crippen molar-refractivity contribution in [2.45, 2.75) is 18.7 Å². The van der Waals surface area contributed by atoms with E-state index < -0.39 is 10.0 Å². The Morgan fingerprint density at radius 2 is 1.68 bits per heavy atom. The molecule has 0 fully saturated rings. The van der Waals surface area contributed by atoms with Gasteiger partial charge in [0.1, 0.15) is 11.5 Å². The normalized spacial score (nSPS) is 11.1. The van der Waals surface area contributed by atoms with Gasteiger partial charge in [0.25, 0.3) is 10.0 Å². The molecule has 25 heavy (non-hydrogen) atoms. The maximum Gasteiger partial charge on any atom is 0.261 e. The fraction of sp³-hybridized carbons (Fsp3) is 0.111. The minimum atomic E-state index is -3.71. The molecular formula is C18H15N3O3S. The largest absolute Gasteiger partial charge is 0.446 e. The van der Waals surface area contributed by atoms with Crippen molar-refractivity contribution in [2.24, 2.45) is 0 Å². The van der Waals surface area contributed by atoms with E-state index in [2.05, 4.69) is 9.71 Å². The molecule has 3 aromatic rings. The molecule has 1 N–H and O–H groups in total. The topological polar surface area (TPSA) is 96.0 Å². The molecule has 0 saturated carbocycles. The van der Waals surface area contributed by atoms with Crippen LogP contribution in [0.15, 0.2) is 57.8 Å². The zero-order chi connectivity index (χ0) is 18.0. The lowest BCUT2D eigenvalue weighted by molar-refractivity contribution is 0.495. The Kier molecular flexibility index (Phi) is 4.30. The highest BCUT2D eigenvalue weighted by atomic mass is 32.2. The number of benzene rings is 2. The lowest BCUT2D eigenvalue weighted by Crippen LogP contribution is -2.12. The number of sulfonamides is 1. The smallest absolute Gasteiger partial charge is 0.261 e. The van der Waals surface area contributed by atoms with Gasteiger partial charge in [0, 0.05) is 18.2 Å². The molecule has 126 valence electrons. The zero-order valence-electron chi connectivity index (χ0n) is 13.6. The monoisotopic (exact) mass is 353 g/mol. The number of hydrogen-bond acceptors (Lipinski definition) is 5. The highest BCUT2D eigenvalue weighted by molar-refractivity contribution is 7.92. The van der Waals surface area contributed by atoms with E-state index in [0.717, 1.165) is 5.56 Å². The van der Waals surface area contributed by atoms with E-state index in [1.807, 2.05) is 13.0 Å². The summed E-state index contributed by atoms with van der Waals surface area (Å²) in [6.45, 7) is 3.57. The maximum atomic E-state index is 12.5. The van der Waals surface area contributed by atoms with E-state index in [1.165, 1.54) is 12.1 Å². The molecule has 0 aliphatic heterocycles. The molecule has 0 atom stereocenters. The van der Waals surface area contributed by atoms with Gasteiger partial charge in [-0.25, -0.2) is 13.4 Å².